The molecule has 0 fully saturated rings. The van der Waals surface area contributed by atoms with E-state index in [2.05, 4.69) is 30.3 Å². The van der Waals surface area contributed by atoms with E-state index in [4.69, 9.17) is 0 Å². The lowest BCUT2D eigenvalue weighted by atomic mass is 10.3. The van der Waals surface area contributed by atoms with E-state index in [1.165, 1.54) is 0 Å². The molecule has 5 nitrogen and oxygen atoms in total. The first kappa shape index (κ1) is 18.9. The molecule has 0 aliphatic heterocycles. The second-order valence-electron chi connectivity index (χ2n) is 5.70. The predicted molar refractivity (Wildman–Crippen MR) is 90.6 cm³/mol. The van der Waals surface area contributed by atoms with Gasteiger partial charge in [0, 0.05) is 19.6 Å². The molecule has 22 heavy (non-hydrogen) atoms. The summed E-state index contributed by atoms with van der Waals surface area (Å²) in [5.41, 5.74) is 2.06. The van der Waals surface area contributed by atoms with Gasteiger partial charge in [-0.25, -0.2) is 13.4 Å². The Morgan fingerprint density at radius 1 is 1.36 bits per heavy atom. The zero-order valence-electron chi connectivity index (χ0n) is 14.3. The van der Waals surface area contributed by atoms with E-state index in [-0.39, 0.29) is 10.9 Å². The van der Waals surface area contributed by atoms with Crippen molar-refractivity contribution in [1.82, 2.24) is 14.5 Å². The molecule has 1 heterocycles. The van der Waals surface area contributed by atoms with Gasteiger partial charge in [0.1, 0.15) is 0 Å². The van der Waals surface area contributed by atoms with E-state index in [0.717, 1.165) is 37.2 Å². The first-order valence-electron chi connectivity index (χ1n) is 7.99. The van der Waals surface area contributed by atoms with Crippen LogP contribution in [0.4, 0.5) is 0 Å². The second-order valence-corrected chi connectivity index (χ2v) is 7.87. The van der Waals surface area contributed by atoms with Crippen LogP contribution in [0.3, 0.4) is 0 Å². The zero-order chi connectivity index (χ0) is 16.8. The molecule has 0 saturated carbocycles. The van der Waals surface area contributed by atoms with E-state index >= 15 is 0 Å². The number of aromatic nitrogens is 2. The fraction of sp³-hybridized carbons (Fsp3) is 0.688. The molecule has 1 aromatic heterocycles. The zero-order valence-corrected chi connectivity index (χ0v) is 15.1. The van der Waals surface area contributed by atoms with Crippen LogP contribution in [0.2, 0.25) is 0 Å². The van der Waals surface area contributed by atoms with E-state index < -0.39 is 9.84 Å². The van der Waals surface area contributed by atoms with Crippen molar-refractivity contribution in [2.24, 2.45) is 0 Å². The minimum atomic E-state index is -3.29. The lowest BCUT2D eigenvalue weighted by molar-refractivity contribution is 0.293. The highest BCUT2D eigenvalue weighted by Gasteiger charge is 2.22. The third-order valence-corrected chi connectivity index (χ3v) is 5.26. The van der Waals surface area contributed by atoms with Gasteiger partial charge in [-0.05, 0) is 19.9 Å². The highest BCUT2D eigenvalue weighted by atomic mass is 32.2. The van der Waals surface area contributed by atoms with Crippen LogP contribution in [0.5, 0.6) is 0 Å². The minimum absolute atomic E-state index is 0.0822. The quantitative estimate of drug-likeness (QED) is 0.620. The van der Waals surface area contributed by atoms with Crippen LogP contribution in [-0.4, -0.2) is 41.7 Å². The Bertz CT molecular complexity index is 591. The summed E-state index contributed by atoms with van der Waals surface area (Å²) < 4.78 is 26.3. The van der Waals surface area contributed by atoms with Crippen LogP contribution in [0.15, 0.2) is 23.5 Å². The third kappa shape index (κ3) is 4.95. The molecule has 0 aliphatic carbocycles. The Kier molecular flexibility index (Phi) is 7.29. The average Bonchev–Trinajstić information content (AvgIpc) is 2.87. The number of nitrogens with zero attached hydrogens (tertiary/aromatic N) is 3. The van der Waals surface area contributed by atoms with Crippen molar-refractivity contribution in [2.75, 3.05) is 18.8 Å². The molecule has 0 aliphatic rings. The highest BCUT2D eigenvalue weighted by molar-refractivity contribution is 7.91. The fourth-order valence-electron chi connectivity index (χ4n) is 2.34. The van der Waals surface area contributed by atoms with Crippen LogP contribution >= 0.6 is 0 Å². The van der Waals surface area contributed by atoms with Gasteiger partial charge < -0.3 is 4.57 Å². The molecule has 1 rings (SSSR count). The van der Waals surface area contributed by atoms with E-state index in [1.54, 1.807) is 13.1 Å². The number of rotatable bonds is 10. The van der Waals surface area contributed by atoms with Gasteiger partial charge in [0.15, 0.2) is 0 Å². The molecule has 0 saturated heterocycles. The Morgan fingerprint density at radius 2 is 2.05 bits per heavy atom. The molecule has 0 unspecified atom stereocenters. The van der Waals surface area contributed by atoms with Crippen LogP contribution in [-0.2, 0) is 22.9 Å². The second kappa shape index (κ2) is 8.48. The Morgan fingerprint density at radius 3 is 2.55 bits per heavy atom. The van der Waals surface area contributed by atoms with Crippen molar-refractivity contribution < 1.29 is 8.42 Å². The van der Waals surface area contributed by atoms with Crippen molar-refractivity contribution in [1.29, 1.82) is 0 Å². The lowest BCUT2D eigenvalue weighted by Crippen LogP contribution is -2.26. The smallest absolute Gasteiger partial charge is 0.227 e. The van der Waals surface area contributed by atoms with Gasteiger partial charge in [-0.1, -0.05) is 39.3 Å². The van der Waals surface area contributed by atoms with Crippen LogP contribution in [0, 0.1) is 0 Å². The molecule has 126 valence electrons. The Labute approximate surface area is 135 Å². The molecule has 0 N–H and O–H groups in total. The average molecular weight is 327 g/mol. The maximum absolute atomic E-state index is 12.2. The maximum atomic E-state index is 12.2. The molecular weight excluding hydrogens is 298 g/mol. The van der Waals surface area contributed by atoms with Crippen LogP contribution < -0.4 is 0 Å². The summed E-state index contributed by atoms with van der Waals surface area (Å²) in [7, 11) is -3.29. The van der Waals surface area contributed by atoms with E-state index in [0.29, 0.717) is 13.1 Å². The summed E-state index contributed by atoms with van der Waals surface area (Å²) >= 11 is 0. The van der Waals surface area contributed by atoms with Gasteiger partial charge in [-0.3, -0.25) is 4.90 Å². The molecule has 0 amide bonds. The van der Waals surface area contributed by atoms with Gasteiger partial charge in [-0.15, -0.1) is 0 Å². The van der Waals surface area contributed by atoms with Gasteiger partial charge in [0.2, 0.25) is 15.0 Å². The first-order valence-corrected chi connectivity index (χ1v) is 9.64. The number of hydrogen-bond acceptors (Lipinski definition) is 4. The molecule has 0 radical (unpaired) electrons. The van der Waals surface area contributed by atoms with Crippen molar-refractivity contribution in [3.8, 4) is 0 Å². The molecule has 0 bridgehead atoms. The topological polar surface area (TPSA) is 55.2 Å². The summed E-state index contributed by atoms with van der Waals surface area (Å²) in [5, 5.41) is 0.213. The number of likely N-dealkylation sites (N-methyl/N-ethyl adjacent to an activating group) is 1. The largest absolute Gasteiger partial charge is 0.318 e. The van der Waals surface area contributed by atoms with Gasteiger partial charge in [0.05, 0.1) is 17.6 Å². The lowest BCUT2D eigenvalue weighted by Gasteiger charge is -2.21. The summed E-state index contributed by atoms with van der Waals surface area (Å²) in [6.07, 6.45) is 3.67. The minimum Gasteiger partial charge on any atom is -0.318 e. The van der Waals surface area contributed by atoms with Gasteiger partial charge >= 0.3 is 0 Å². The Hall–Kier alpha value is -1.14. The maximum Gasteiger partial charge on any atom is 0.227 e. The third-order valence-electron chi connectivity index (χ3n) is 3.62. The normalized spacial score (nSPS) is 12.0. The van der Waals surface area contributed by atoms with Crippen LogP contribution in [0.1, 0.15) is 46.2 Å². The SMILES string of the molecule is C=C(C)CN(CC)Cc1cnc(S(=O)(=O)CC)n1CCCC. The molecule has 1 aromatic rings. The molecule has 0 spiro atoms. The monoisotopic (exact) mass is 327 g/mol. The summed E-state index contributed by atoms with van der Waals surface area (Å²) in [4.78, 5) is 6.44. The first-order chi connectivity index (χ1) is 10.4. The number of unbranched alkanes of at least 4 members (excludes halogenated alkanes) is 1. The van der Waals surface area contributed by atoms with Crippen molar-refractivity contribution in [3.63, 3.8) is 0 Å². The summed E-state index contributed by atoms with van der Waals surface area (Å²) in [6.45, 7) is 14.9. The number of sulfone groups is 1. The van der Waals surface area contributed by atoms with E-state index in [1.807, 2.05) is 11.5 Å². The number of imidazole rings is 1. The standard InChI is InChI=1S/C16H29N3O2S/c1-6-9-10-19-15(13-18(7-2)12-14(4)5)11-17-16(19)22(20,21)8-3/h11H,4,6-10,12-13H2,1-3,5H3. The fourth-order valence-corrected chi connectivity index (χ4v) is 3.36. The van der Waals surface area contributed by atoms with E-state index in [9.17, 15) is 8.42 Å². The highest BCUT2D eigenvalue weighted by Crippen LogP contribution is 2.16. The van der Waals surface area contributed by atoms with Gasteiger partial charge in [0.25, 0.3) is 0 Å². The van der Waals surface area contributed by atoms with Crippen LogP contribution in [0.25, 0.3) is 0 Å². The summed E-state index contributed by atoms with van der Waals surface area (Å²) in [6, 6.07) is 0. The number of hydrogen-bond donors (Lipinski definition) is 0. The molecule has 6 heteroatoms. The molecule has 0 atom stereocenters. The molecular formula is C16H29N3O2S. The van der Waals surface area contributed by atoms with Crippen molar-refractivity contribution in [2.45, 2.75) is 58.8 Å². The van der Waals surface area contributed by atoms with Crippen molar-refractivity contribution >= 4 is 9.84 Å². The molecule has 0 aromatic carbocycles. The van der Waals surface area contributed by atoms with Crippen molar-refractivity contribution in [3.05, 3.63) is 24.0 Å². The van der Waals surface area contributed by atoms with Gasteiger partial charge in [-0.2, -0.15) is 0 Å². The predicted octanol–water partition coefficient (Wildman–Crippen LogP) is 2.87. The Balaban J connectivity index is 3.11. The summed E-state index contributed by atoms with van der Waals surface area (Å²) in [5.74, 6) is 0.0822.